The summed E-state index contributed by atoms with van der Waals surface area (Å²) in [6.45, 7) is 13.7. The lowest BCUT2D eigenvalue weighted by molar-refractivity contribution is 0.588. The Hall–Kier alpha value is -0.920. The minimum Gasteiger partial charge on any atom is -0.268 e. The van der Waals surface area contributed by atoms with Crippen LogP contribution in [0.25, 0.3) is 0 Å². The van der Waals surface area contributed by atoms with Gasteiger partial charge in [-0.15, -0.1) is 0 Å². The first-order chi connectivity index (χ1) is 5.38. The summed E-state index contributed by atoms with van der Waals surface area (Å²) >= 11 is 0. The molecule has 0 atom stereocenters. The van der Waals surface area contributed by atoms with Crippen molar-refractivity contribution in [1.29, 1.82) is 0 Å². The van der Waals surface area contributed by atoms with Crippen LogP contribution in [0.5, 0.6) is 0 Å². The average Bonchev–Trinajstić information content (AvgIpc) is 1.97. The van der Waals surface area contributed by atoms with Crippen molar-refractivity contribution >= 4 is 12.4 Å². The summed E-state index contributed by atoms with van der Waals surface area (Å²) in [5, 5.41) is 0. The molecular formula is C10H18N2. The topological polar surface area (TPSA) is 24.7 Å². The largest absolute Gasteiger partial charge is 0.268 e. The van der Waals surface area contributed by atoms with E-state index in [1.807, 2.05) is 13.8 Å². The second-order valence-corrected chi connectivity index (χ2v) is 3.89. The molecule has 2 nitrogen and oxygen atoms in total. The van der Waals surface area contributed by atoms with Gasteiger partial charge in [-0.25, -0.2) is 0 Å². The van der Waals surface area contributed by atoms with E-state index < -0.39 is 0 Å². The van der Waals surface area contributed by atoms with E-state index in [1.54, 1.807) is 6.20 Å². The second kappa shape index (κ2) is 4.19. The van der Waals surface area contributed by atoms with Gasteiger partial charge in [0.25, 0.3) is 0 Å². The Balaban J connectivity index is 4.49. The number of rotatable bonds is 2. The normalized spacial score (nSPS) is 14.8. The van der Waals surface area contributed by atoms with Crippen LogP contribution < -0.4 is 0 Å². The third-order valence-corrected chi connectivity index (χ3v) is 1.78. The predicted octanol–water partition coefficient (Wildman–Crippen LogP) is 3.06. The summed E-state index contributed by atoms with van der Waals surface area (Å²) in [4.78, 5) is 8.03. The summed E-state index contributed by atoms with van der Waals surface area (Å²) in [6.07, 6.45) is 1.74. The number of hydrogen-bond donors (Lipinski definition) is 0. The van der Waals surface area contributed by atoms with Crippen LogP contribution >= 0.6 is 0 Å². The monoisotopic (exact) mass is 166 g/mol. The van der Waals surface area contributed by atoms with Crippen LogP contribution in [0, 0.1) is 5.41 Å². The smallest absolute Gasteiger partial charge is 0.0547 e. The molecule has 0 aromatic heterocycles. The molecule has 0 unspecified atom stereocenters. The molecular weight excluding hydrogens is 148 g/mol. The molecule has 0 saturated carbocycles. The van der Waals surface area contributed by atoms with Crippen molar-refractivity contribution in [3.8, 4) is 0 Å². The molecule has 2 heteroatoms. The van der Waals surface area contributed by atoms with E-state index in [0.29, 0.717) is 0 Å². The fraction of sp³-hybridized carbons (Fsp3) is 0.600. The molecule has 0 heterocycles. The van der Waals surface area contributed by atoms with Crippen molar-refractivity contribution in [2.45, 2.75) is 34.6 Å². The second-order valence-electron chi connectivity index (χ2n) is 3.89. The van der Waals surface area contributed by atoms with Gasteiger partial charge in [-0.2, -0.15) is 0 Å². The SMILES string of the molecule is C=N/C(C)=C\N=C(/C)C(C)(C)C. The molecule has 0 spiro atoms. The van der Waals surface area contributed by atoms with E-state index in [1.165, 1.54) is 0 Å². The van der Waals surface area contributed by atoms with Crippen molar-refractivity contribution < 1.29 is 0 Å². The van der Waals surface area contributed by atoms with E-state index in [9.17, 15) is 0 Å². The minimum atomic E-state index is 0.137. The lowest BCUT2D eigenvalue weighted by Gasteiger charge is -2.16. The molecule has 0 bridgehead atoms. The molecule has 0 aromatic rings. The van der Waals surface area contributed by atoms with E-state index >= 15 is 0 Å². The fourth-order valence-electron chi connectivity index (χ4n) is 0.425. The van der Waals surface area contributed by atoms with E-state index in [0.717, 1.165) is 11.4 Å². The molecule has 0 aliphatic rings. The van der Waals surface area contributed by atoms with Gasteiger partial charge in [-0.1, -0.05) is 20.8 Å². The molecule has 0 rings (SSSR count). The Bertz CT molecular complexity index is 216. The quantitative estimate of drug-likeness (QED) is 0.563. The van der Waals surface area contributed by atoms with Crippen molar-refractivity contribution in [1.82, 2.24) is 0 Å². The summed E-state index contributed by atoms with van der Waals surface area (Å²) in [6, 6.07) is 0. The summed E-state index contributed by atoms with van der Waals surface area (Å²) in [7, 11) is 0. The van der Waals surface area contributed by atoms with Crippen LogP contribution in [0.3, 0.4) is 0 Å². The third-order valence-electron chi connectivity index (χ3n) is 1.78. The van der Waals surface area contributed by atoms with Crippen molar-refractivity contribution in [3.63, 3.8) is 0 Å². The van der Waals surface area contributed by atoms with E-state index in [4.69, 9.17) is 0 Å². The lowest BCUT2D eigenvalue weighted by atomic mass is 9.91. The zero-order valence-corrected chi connectivity index (χ0v) is 8.68. The van der Waals surface area contributed by atoms with Gasteiger partial charge in [0, 0.05) is 11.9 Å². The number of hydrogen-bond acceptors (Lipinski definition) is 2. The predicted molar refractivity (Wildman–Crippen MR) is 55.9 cm³/mol. The standard InChI is InChI=1S/C10H18N2/c1-8(11-6)7-12-9(2)10(3,4)5/h7H,6H2,1-5H3/b8-7-,12-9+. The van der Waals surface area contributed by atoms with Crippen LogP contribution in [-0.2, 0) is 0 Å². The zero-order valence-electron chi connectivity index (χ0n) is 8.68. The van der Waals surface area contributed by atoms with Crippen LogP contribution in [-0.4, -0.2) is 12.4 Å². The Morgan fingerprint density at radius 3 is 2.08 bits per heavy atom. The third kappa shape index (κ3) is 4.06. The molecule has 0 N–H and O–H groups in total. The first-order valence-electron chi connectivity index (χ1n) is 4.06. The van der Waals surface area contributed by atoms with E-state index in [-0.39, 0.29) is 5.41 Å². The Morgan fingerprint density at radius 2 is 1.75 bits per heavy atom. The molecule has 0 aliphatic heterocycles. The Kier molecular flexibility index (Phi) is 3.87. The first kappa shape index (κ1) is 11.1. The van der Waals surface area contributed by atoms with Crippen molar-refractivity contribution in [2.24, 2.45) is 15.4 Å². The van der Waals surface area contributed by atoms with Gasteiger partial charge in [0.05, 0.1) is 5.70 Å². The van der Waals surface area contributed by atoms with E-state index in [2.05, 4.69) is 37.5 Å². The number of nitrogens with zero attached hydrogens (tertiary/aromatic N) is 2. The molecule has 0 fully saturated rings. The molecule has 12 heavy (non-hydrogen) atoms. The average molecular weight is 166 g/mol. The van der Waals surface area contributed by atoms with Crippen LogP contribution in [0.2, 0.25) is 0 Å². The van der Waals surface area contributed by atoms with Gasteiger partial charge in [-0.05, 0) is 26.0 Å². The number of allylic oxidation sites excluding steroid dienone is 1. The molecule has 0 aliphatic carbocycles. The Morgan fingerprint density at radius 1 is 1.25 bits per heavy atom. The van der Waals surface area contributed by atoms with Crippen LogP contribution in [0.1, 0.15) is 34.6 Å². The van der Waals surface area contributed by atoms with Crippen molar-refractivity contribution in [2.75, 3.05) is 0 Å². The zero-order chi connectivity index (χ0) is 9.78. The van der Waals surface area contributed by atoms with Gasteiger partial charge < -0.3 is 0 Å². The van der Waals surface area contributed by atoms with Gasteiger partial charge in [0.15, 0.2) is 0 Å². The number of aliphatic imine (C=N–C) groups is 2. The highest BCUT2D eigenvalue weighted by Gasteiger charge is 2.12. The lowest BCUT2D eigenvalue weighted by Crippen LogP contribution is -2.16. The fourth-order valence-corrected chi connectivity index (χ4v) is 0.425. The molecule has 68 valence electrons. The van der Waals surface area contributed by atoms with Gasteiger partial charge in [0.1, 0.15) is 0 Å². The molecule has 0 saturated heterocycles. The van der Waals surface area contributed by atoms with Gasteiger partial charge in [0.2, 0.25) is 0 Å². The highest BCUT2D eigenvalue weighted by Crippen LogP contribution is 2.15. The first-order valence-corrected chi connectivity index (χ1v) is 4.06. The summed E-state index contributed by atoms with van der Waals surface area (Å²) in [5.74, 6) is 0. The molecule has 0 radical (unpaired) electrons. The van der Waals surface area contributed by atoms with Crippen LogP contribution in [0.4, 0.5) is 0 Å². The highest BCUT2D eigenvalue weighted by molar-refractivity contribution is 5.87. The maximum Gasteiger partial charge on any atom is 0.0547 e. The van der Waals surface area contributed by atoms with Crippen LogP contribution in [0.15, 0.2) is 21.9 Å². The molecule has 0 aromatic carbocycles. The Labute approximate surface area is 75.1 Å². The van der Waals surface area contributed by atoms with Gasteiger partial charge >= 0.3 is 0 Å². The minimum absolute atomic E-state index is 0.137. The van der Waals surface area contributed by atoms with Gasteiger partial charge in [-0.3, -0.25) is 9.98 Å². The summed E-state index contributed by atoms with van der Waals surface area (Å²) < 4.78 is 0. The maximum atomic E-state index is 4.29. The molecule has 0 amide bonds. The maximum absolute atomic E-state index is 4.29. The summed E-state index contributed by atoms with van der Waals surface area (Å²) in [5.41, 5.74) is 2.09. The van der Waals surface area contributed by atoms with Crippen molar-refractivity contribution in [3.05, 3.63) is 11.9 Å². The highest BCUT2D eigenvalue weighted by atomic mass is 14.8.